The normalized spacial score (nSPS) is 25.4. The summed E-state index contributed by atoms with van der Waals surface area (Å²) in [5.41, 5.74) is 5.10. The number of nitrogens with zero attached hydrogens (tertiary/aromatic N) is 3. The molecule has 4 aliphatic rings. The van der Waals surface area contributed by atoms with E-state index in [2.05, 4.69) is 53.7 Å². The van der Waals surface area contributed by atoms with Gasteiger partial charge >= 0.3 is 0 Å². The molecule has 36 heavy (non-hydrogen) atoms. The number of benzene rings is 1. The SMILES string of the molecule is CCOC1CCN(c2ccc(N3CCN(CC4CCOCC4)CC3)c(C3CCC(C)(C)CC3)c2)CC1. The van der Waals surface area contributed by atoms with Crippen LogP contribution in [-0.4, -0.2) is 76.6 Å². The van der Waals surface area contributed by atoms with Crippen LogP contribution in [-0.2, 0) is 9.47 Å². The van der Waals surface area contributed by atoms with Gasteiger partial charge in [-0.2, -0.15) is 0 Å². The van der Waals surface area contributed by atoms with Crippen LogP contribution >= 0.6 is 0 Å². The van der Waals surface area contributed by atoms with Crippen LogP contribution in [0.25, 0.3) is 0 Å². The Bertz CT molecular complexity index is 811. The Balaban J connectivity index is 1.28. The first-order valence-corrected chi connectivity index (χ1v) is 15.1. The molecule has 5 rings (SSSR count). The standard InChI is InChI=1S/C31H51N3O2/c1-4-36-28-9-15-33(16-10-28)27-5-6-30(29(23-27)26-7-13-31(2,3)14-8-26)34-19-17-32(18-20-34)24-25-11-21-35-22-12-25/h5-6,23,25-26,28H,4,7-22,24H2,1-3H3. The fourth-order valence-electron chi connectivity index (χ4n) is 7.05. The van der Waals surface area contributed by atoms with Crippen LogP contribution in [0.15, 0.2) is 18.2 Å². The predicted molar refractivity (Wildman–Crippen MR) is 150 cm³/mol. The van der Waals surface area contributed by atoms with Crippen molar-refractivity contribution in [1.29, 1.82) is 0 Å². The molecule has 3 aliphatic heterocycles. The highest BCUT2D eigenvalue weighted by Crippen LogP contribution is 2.46. The van der Waals surface area contributed by atoms with Gasteiger partial charge in [-0.3, -0.25) is 4.90 Å². The zero-order valence-corrected chi connectivity index (χ0v) is 23.4. The number of piperazine rings is 1. The van der Waals surface area contributed by atoms with E-state index in [1.807, 2.05) is 0 Å². The minimum atomic E-state index is 0.447. The van der Waals surface area contributed by atoms with Crippen LogP contribution in [0.1, 0.15) is 83.6 Å². The van der Waals surface area contributed by atoms with E-state index in [0.29, 0.717) is 17.4 Å². The van der Waals surface area contributed by atoms with Crippen molar-refractivity contribution in [1.82, 2.24) is 4.90 Å². The minimum absolute atomic E-state index is 0.447. The number of piperidine rings is 1. The highest BCUT2D eigenvalue weighted by molar-refractivity contribution is 5.63. The number of rotatable bonds is 7. The van der Waals surface area contributed by atoms with E-state index in [-0.39, 0.29) is 0 Å². The van der Waals surface area contributed by atoms with Gasteiger partial charge in [0, 0.05) is 77.0 Å². The summed E-state index contributed by atoms with van der Waals surface area (Å²) in [6.45, 7) is 18.0. The maximum absolute atomic E-state index is 5.92. The molecule has 202 valence electrons. The molecule has 0 N–H and O–H groups in total. The molecule has 0 unspecified atom stereocenters. The van der Waals surface area contributed by atoms with E-state index >= 15 is 0 Å². The summed E-state index contributed by atoms with van der Waals surface area (Å²) in [6, 6.07) is 7.49. The summed E-state index contributed by atoms with van der Waals surface area (Å²) in [5.74, 6) is 1.53. The largest absolute Gasteiger partial charge is 0.381 e. The molecule has 1 aliphatic carbocycles. The lowest BCUT2D eigenvalue weighted by atomic mass is 9.71. The van der Waals surface area contributed by atoms with Gasteiger partial charge in [-0.1, -0.05) is 13.8 Å². The number of anilines is 2. The Labute approximate surface area is 220 Å². The van der Waals surface area contributed by atoms with Gasteiger partial charge in [0.25, 0.3) is 0 Å². The maximum atomic E-state index is 5.92. The second-order valence-electron chi connectivity index (χ2n) is 12.7. The summed E-state index contributed by atoms with van der Waals surface area (Å²) < 4.78 is 11.5. The monoisotopic (exact) mass is 497 g/mol. The third-order valence-corrected chi connectivity index (χ3v) is 9.57. The van der Waals surface area contributed by atoms with Gasteiger partial charge in [0.2, 0.25) is 0 Å². The molecular formula is C31H51N3O2. The van der Waals surface area contributed by atoms with E-state index in [1.165, 1.54) is 69.5 Å². The number of ether oxygens (including phenoxy) is 2. The predicted octanol–water partition coefficient (Wildman–Crippen LogP) is 5.92. The minimum Gasteiger partial charge on any atom is -0.381 e. The van der Waals surface area contributed by atoms with Crippen LogP contribution in [0.2, 0.25) is 0 Å². The van der Waals surface area contributed by atoms with Crippen LogP contribution < -0.4 is 9.80 Å². The summed E-state index contributed by atoms with van der Waals surface area (Å²) in [6.07, 6.45) is 10.6. The first kappa shape index (κ1) is 26.3. The average molecular weight is 498 g/mol. The fourth-order valence-corrected chi connectivity index (χ4v) is 7.05. The van der Waals surface area contributed by atoms with Crippen molar-refractivity contribution in [2.75, 3.05) is 75.4 Å². The van der Waals surface area contributed by atoms with Gasteiger partial charge in [-0.25, -0.2) is 0 Å². The Morgan fingerprint density at radius 3 is 2.22 bits per heavy atom. The van der Waals surface area contributed by atoms with Crippen molar-refractivity contribution in [3.8, 4) is 0 Å². The molecular weight excluding hydrogens is 446 g/mol. The Hall–Kier alpha value is -1.30. The van der Waals surface area contributed by atoms with E-state index < -0.39 is 0 Å². The number of hydrogen-bond acceptors (Lipinski definition) is 5. The third-order valence-electron chi connectivity index (χ3n) is 9.57. The summed E-state index contributed by atoms with van der Waals surface area (Å²) in [5, 5.41) is 0. The molecule has 0 atom stereocenters. The second kappa shape index (κ2) is 12.0. The van der Waals surface area contributed by atoms with Crippen LogP contribution in [0.5, 0.6) is 0 Å². The van der Waals surface area contributed by atoms with Gasteiger partial charge in [0.1, 0.15) is 0 Å². The smallest absolute Gasteiger partial charge is 0.0608 e. The molecule has 5 heteroatoms. The zero-order valence-electron chi connectivity index (χ0n) is 23.4. The number of hydrogen-bond donors (Lipinski definition) is 0. The van der Waals surface area contributed by atoms with Crippen molar-refractivity contribution in [3.05, 3.63) is 23.8 Å². The lowest BCUT2D eigenvalue weighted by molar-refractivity contribution is 0.0459. The topological polar surface area (TPSA) is 28.2 Å². The Morgan fingerprint density at radius 1 is 0.861 bits per heavy atom. The zero-order chi connectivity index (χ0) is 25.0. The highest BCUT2D eigenvalue weighted by atomic mass is 16.5. The third kappa shape index (κ3) is 6.57. The van der Waals surface area contributed by atoms with E-state index in [1.54, 1.807) is 5.56 Å². The molecule has 1 aromatic carbocycles. The van der Waals surface area contributed by atoms with Gasteiger partial charge in [-0.05, 0) is 99.3 Å². The molecule has 0 amide bonds. The molecule has 1 aromatic rings. The van der Waals surface area contributed by atoms with Crippen molar-refractivity contribution in [2.45, 2.75) is 84.2 Å². The lowest BCUT2D eigenvalue weighted by Gasteiger charge is -2.41. The van der Waals surface area contributed by atoms with Crippen molar-refractivity contribution in [2.24, 2.45) is 11.3 Å². The molecule has 0 bridgehead atoms. The maximum Gasteiger partial charge on any atom is 0.0608 e. The van der Waals surface area contributed by atoms with Gasteiger partial charge in [0.05, 0.1) is 6.10 Å². The first-order chi connectivity index (χ1) is 17.5. The molecule has 4 fully saturated rings. The molecule has 3 saturated heterocycles. The van der Waals surface area contributed by atoms with Crippen LogP contribution in [0.3, 0.4) is 0 Å². The van der Waals surface area contributed by atoms with Gasteiger partial charge < -0.3 is 19.3 Å². The summed E-state index contributed by atoms with van der Waals surface area (Å²) in [7, 11) is 0. The van der Waals surface area contributed by atoms with Gasteiger partial charge in [0.15, 0.2) is 0 Å². The molecule has 3 heterocycles. The average Bonchev–Trinajstić information content (AvgIpc) is 2.90. The van der Waals surface area contributed by atoms with E-state index in [0.717, 1.165) is 64.8 Å². The summed E-state index contributed by atoms with van der Waals surface area (Å²) >= 11 is 0. The van der Waals surface area contributed by atoms with Crippen LogP contribution in [0.4, 0.5) is 11.4 Å². The quantitative estimate of drug-likeness (QED) is 0.466. The summed E-state index contributed by atoms with van der Waals surface area (Å²) in [4.78, 5) is 8.04. The highest BCUT2D eigenvalue weighted by Gasteiger charge is 2.31. The van der Waals surface area contributed by atoms with E-state index in [9.17, 15) is 0 Å². The van der Waals surface area contributed by atoms with Crippen LogP contribution in [0, 0.1) is 11.3 Å². The first-order valence-electron chi connectivity index (χ1n) is 15.1. The fraction of sp³-hybridized carbons (Fsp3) is 0.806. The molecule has 0 spiro atoms. The Kier molecular flexibility index (Phi) is 8.80. The second-order valence-corrected chi connectivity index (χ2v) is 12.7. The lowest BCUT2D eigenvalue weighted by Crippen LogP contribution is -2.48. The molecule has 5 nitrogen and oxygen atoms in total. The Morgan fingerprint density at radius 2 is 1.56 bits per heavy atom. The van der Waals surface area contributed by atoms with Crippen molar-refractivity contribution < 1.29 is 9.47 Å². The van der Waals surface area contributed by atoms with E-state index in [4.69, 9.17) is 9.47 Å². The van der Waals surface area contributed by atoms with Crippen molar-refractivity contribution >= 4 is 11.4 Å². The molecule has 1 saturated carbocycles. The van der Waals surface area contributed by atoms with Crippen molar-refractivity contribution in [3.63, 3.8) is 0 Å². The molecule has 0 aromatic heterocycles. The van der Waals surface area contributed by atoms with Gasteiger partial charge in [-0.15, -0.1) is 0 Å². The molecule has 0 radical (unpaired) electrons.